The summed E-state index contributed by atoms with van der Waals surface area (Å²) in [6, 6.07) is 10.5. The maximum absolute atomic E-state index is 14.4. The van der Waals surface area contributed by atoms with Gasteiger partial charge in [-0.1, -0.05) is 56.3 Å². The summed E-state index contributed by atoms with van der Waals surface area (Å²) in [4.78, 5) is 54.0. The fourth-order valence-corrected chi connectivity index (χ4v) is 4.62. The van der Waals surface area contributed by atoms with Crippen LogP contribution in [0.3, 0.4) is 0 Å². The van der Waals surface area contributed by atoms with Crippen molar-refractivity contribution >= 4 is 23.8 Å². The largest absolute Gasteiger partial charge is 0.458 e. The van der Waals surface area contributed by atoms with Gasteiger partial charge in [0.2, 0.25) is 0 Å². The Bertz CT molecular complexity index is 1330. The highest BCUT2D eigenvalue weighted by Gasteiger charge is 2.38. The molecule has 0 aromatic heterocycles. The lowest BCUT2D eigenvalue weighted by atomic mass is 9.99. The SMILES string of the molecule is CN[C@@H](CC(C)(C)F)C(=O)O[C@H](Cc1ccc(C(F)(F)F)cc1)C(=O)N(C)[C@@H](CC(C)C)C(=O)O[C@H](C)C(=O)OCc1ccccc1. The summed E-state index contributed by atoms with van der Waals surface area (Å²) in [6.45, 7) is 7.42. The Morgan fingerprint density at radius 2 is 1.43 bits per heavy atom. The van der Waals surface area contributed by atoms with Crippen LogP contribution in [0.4, 0.5) is 17.6 Å². The van der Waals surface area contributed by atoms with Gasteiger partial charge in [0.25, 0.3) is 5.91 Å². The van der Waals surface area contributed by atoms with E-state index >= 15 is 0 Å². The van der Waals surface area contributed by atoms with Gasteiger partial charge in [-0.2, -0.15) is 13.2 Å². The monoisotopic (exact) mass is 668 g/mol. The molecule has 2 aromatic carbocycles. The predicted molar refractivity (Wildman–Crippen MR) is 165 cm³/mol. The fourth-order valence-electron chi connectivity index (χ4n) is 4.62. The number of ether oxygens (including phenoxy) is 3. The molecule has 260 valence electrons. The van der Waals surface area contributed by atoms with Crippen LogP contribution in [0.25, 0.3) is 0 Å². The number of rotatable bonds is 16. The molecular weight excluding hydrogens is 624 g/mol. The first kappa shape index (κ1) is 39.2. The molecule has 0 aliphatic heterocycles. The van der Waals surface area contributed by atoms with Crippen LogP contribution < -0.4 is 5.32 Å². The van der Waals surface area contributed by atoms with Crippen molar-refractivity contribution in [2.45, 2.75) is 96.6 Å². The number of alkyl halides is 4. The van der Waals surface area contributed by atoms with Gasteiger partial charge in [-0.3, -0.25) is 9.59 Å². The van der Waals surface area contributed by atoms with E-state index in [1.165, 1.54) is 34.9 Å². The maximum Gasteiger partial charge on any atom is 0.416 e. The van der Waals surface area contributed by atoms with Gasteiger partial charge in [-0.25, -0.2) is 14.0 Å². The lowest BCUT2D eigenvalue weighted by Gasteiger charge is -2.32. The van der Waals surface area contributed by atoms with E-state index in [9.17, 15) is 36.7 Å². The summed E-state index contributed by atoms with van der Waals surface area (Å²) in [5, 5.41) is 2.66. The van der Waals surface area contributed by atoms with Crippen LogP contribution in [0.2, 0.25) is 0 Å². The molecule has 0 bridgehead atoms. The second-order valence-corrected chi connectivity index (χ2v) is 12.4. The highest BCUT2D eigenvalue weighted by molar-refractivity contribution is 5.90. The van der Waals surface area contributed by atoms with Crippen molar-refractivity contribution in [1.82, 2.24) is 10.2 Å². The average molecular weight is 669 g/mol. The molecule has 4 atom stereocenters. The Balaban J connectivity index is 2.31. The van der Waals surface area contributed by atoms with Gasteiger partial charge in [0.1, 0.15) is 24.4 Å². The lowest BCUT2D eigenvalue weighted by molar-refractivity contribution is -0.174. The van der Waals surface area contributed by atoms with Gasteiger partial charge in [-0.15, -0.1) is 0 Å². The van der Waals surface area contributed by atoms with Crippen molar-refractivity contribution < 1.29 is 51.0 Å². The minimum atomic E-state index is -4.59. The molecule has 2 rings (SSSR count). The van der Waals surface area contributed by atoms with Gasteiger partial charge in [0.15, 0.2) is 12.2 Å². The molecule has 0 heterocycles. The van der Waals surface area contributed by atoms with E-state index < -0.39 is 65.5 Å². The van der Waals surface area contributed by atoms with Gasteiger partial charge in [0.05, 0.1) is 5.56 Å². The maximum atomic E-state index is 14.4. The van der Waals surface area contributed by atoms with Crippen molar-refractivity contribution in [3.63, 3.8) is 0 Å². The normalized spacial score (nSPS) is 14.5. The third-order valence-electron chi connectivity index (χ3n) is 7.19. The van der Waals surface area contributed by atoms with E-state index in [-0.39, 0.29) is 37.4 Å². The molecule has 47 heavy (non-hydrogen) atoms. The predicted octanol–water partition coefficient (Wildman–Crippen LogP) is 5.43. The van der Waals surface area contributed by atoms with E-state index in [1.54, 1.807) is 44.2 Å². The number of amides is 1. The zero-order chi connectivity index (χ0) is 35.5. The van der Waals surface area contributed by atoms with E-state index in [2.05, 4.69) is 5.32 Å². The van der Waals surface area contributed by atoms with Gasteiger partial charge in [-0.05, 0) is 63.4 Å². The van der Waals surface area contributed by atoms with Crippen LogP contribution in [0.5, 0.6) is 0 Å². The van der Waals surface area contributed by atoms with Crippen molar-refractivity contribution in [3.05, 3.63) is 71.3 Å². The van der Waals surface area contributed by atoms with Crippen molar-refractivity contribution in [2.75, 3.05) is 14.1 Å². The Morgan fingerprint density at radius 1 is 0.830 bits per heavy atom. The molecule has 2 aromatic rings. The zero-order valence-corrected chi connectivity index (χ0v) is 27.7. The topological polar surface area (TPSA) is 111 Å². The van der Waals surface area contributed by atoms with Gasteiger partial charge < -0.3 is 24.4 Å². The summed E-state index contributed by atoms with van der Waals surface area (Å²) in [5.41, 5.74) is -1.72. The standard InChI is InChI=1S/C34H44F4N2O7/c1-21(2)17-27(32(44)46-22(3)30(42)45-20-24-11-9-8-10-12-24)40(7)29(41)28(47-31(43)26(39-6)19-33(4,5)35)18-23-13-15-25(16-14-23)34(36,37)38/h8-16,21-22,26-28,39H,17-20H2,1-7H3/t22-,26+,27+,28-/m1/s1. The van der Waals surface area contributed by atoms with Crippen LogP contribution in [-0.2, 0) is 52.6 Å². The van der Waals surface area contributed by atoms with Crippen molar-refractivity contribution in [2.24, 2.45) is 5.92 Å². The van der Waals surface area contributed by atoms with Crippen LogP contribution in [0, 0.1) is 5.92 Å². The number of likely N-dealkylation sites (N-methyl/N-ethyl adjacent to an activating group) is 2. The molecule has 0 saturated heterocycles. The minimum Gasteiger partial charge on any atom is -0.458 e. The van der Waals surface area contributed by atoms with Gasteiger partial charge in [0, 0.05) is 19.9 Å². The smallest absolute Gasteiger partial charge is 0.416 e. The molecule has 0 saturated carbocycles. The number of nitrogens with one attached hydrogen (secondary N) is 1. The minimum absolute atomic E-state index is 0.0421. The summed E-state index contributed by atoms with van der Waals surface area (Å²) in [6.07, 6.45) is -8.03. The number of carbonyl (C=O) groups excluding carboxylic acids is 4. The molecule has 1 N–H and O–H groups in total. The molecule has 13 heteroatoms. The Morgan fingerprint density at radius 3 is 1.94 bits per heavy atom. The van der Waals surface area contributed by atoms with Crippen molar-refractivity contribution in [1.29, 1.82) is 0 Å². The third kappa shape index (κ3) is 13.0. The van der Waals surface area contributed by atoms with Crippen LogP contribution >= 0.6 is 0 Å². The molecule has 0 spiro atoms. The molecule has 0 unspecified atom stereocenters. The number of carbonyl (C=O) groups is 4. The summed E-state index contributed by atoms with van der Waals surface area (Å²) < 4.78 is 70.0. The van der Waals surface area contributed by atoms with E-state index in [0.717, 1.165) is 34.7 Å². The Hall–Kier alpha value is -4.00. The van der Waals surface area contributed by atoms with Crippen LogP contribution in [0.1, 0.15) is 64.2 Å². The number of hydrogen-bond donors (Lipinski definition) is 1. The van der Waals surface area contributed by atoms with Crippen molar-refractivity contribution in [3.8, 4) is 0 Å². The number of hydrogen-bond acceptors (Lipinski definition) is 8. The summed E-state index contributed by atoms with van der Waals surface area (Å²) in [5.74, 6) is -3.67. The average Bonchev–Trinajstić information content (AvgIpc) is 2.99. The second-order valence-electron chi connectivity index (χ2n) is 12.4. The van der Waals surface area contributed by atoms with E-state index in [1.807, 2.05) is 0 Å². The van der Waals surface area contributed by atoms with E-state index in [4.69, 9.17) is 14.2 Å². The summed E-state index contributed by atoms with van der Waals surface area (Å²) in [7, 11) is 2.71. The molecule has 0 aliphatic rings. The molecule has 1 amide bonds. The second kappa shape index (κ2) is 17.2. The highest BCUT2D eigenvalue weighted by Crippen LogP contribution is 2.29. The lowest BCUT2D eigenvalue weighted by Crippen LogP contribution is -2.51. The summed E-state index contributed by atoms with van der Waals surface area (Å²) >= 11 is 0. The number of esters is 3. The molecule has 0 fully saturated rings. The third-order valence-corrected chi connectivity index (χ3v) is 7.19. The molecular formula is C34H44F4N2O7. The molecule has 9 nitrogen and oxygen atoms in total. The first-order valence-corrected chi connectivity index (χ1v) is 15.2. The molecule has 0 aliphatic carbocycles. The zero-order valence-electron chi connectivity index (χ0n) is 27.7. The quantitative estimate of drug-likeness (QED) is 0.143. The van der Waals surface area contributed by atoms with Crippen LogP contribution in [0.15, 0.2) is 54.6 Å². The number of benzene rings is 2. The number of halogens is 4. The highest BCUT2D eigenvalue weighted by atomic mass is 19.4. The number of nitrogens with zero attached hydrogens (tertiary/aromatic N) is 1. The first-order valence-electron chi connectivity index (χ1n) is 15.2. The Labute approximate surface area is 272 Å². The van der Waals surface area contributed by atoms with Gasteiger partial charge >= 0.3 is 24.1 Å². The molecule has 0 radical (unpaired) electrons. The van der Waals surface area contributed by atoms with E-state index in [0.29, 0.717) is 0 Å². The fraction of sp³-hybridized carbons (Fsp3) is 0.529. The first-order chi connectivity index (χ1) is 21.8. The Kier molecular flexibility index (Phi) is 14.4. The van der Waals surface area contributed by atoms with Crippen LogP contribution in [-0.4, -0.2) is 72.8 Å².